The molecule has 1 aliphatic heterocycles. The van der Waals surface area contributed by atoms with Gasteiger partial charge in [-0.15, -0.1) is 0 Å². The first-order valence-corrected chi connectivity index (χ1v) is 9.81. The summed E-state index contributed by atoms with van der Waals surface area (Å²) in [6, 6.07) is 7.19. The van der Waals surface area contributed by atoms with E-state index >= 15 is 0 Å². The van der Waals surface area contributed by atoms with Crippen molar-refractivity contribution in [2.45, 2.75) is 19.8 Å². The number of furan rings is 1. The van der Waals surface area contributed by atoms with E-state index in [-0.39, 0.29) is 11.8 Å². The summed E-state index contributed by atoms with van der Waals surface area (Å²) in [5.74, 6) is 1.59. The van der Waals surface area contributed by atoms with Crippen molar-refractivity contribution in [2.75, 3.05) is 40.5 Å². The number of benzene rings is 1. The van der Waals surface area contributed by atoms with E-state index in [2.05, 4.69) is 5.32 Å². The van der Waals surface area contributed by atoms with Crippen LogP contribution in [0.25, 0.3) is 0 Å². The fraction of sp³-hybridized carbons (Fsp3) is 0.455. The van der Waals surface area contributed by atoms with E-state index < -0.39 is 0 Å². The quantitative estimate of drug-likeness (QED) is 0.689. The molecule has 1 fully saturated rings. The van der Waals surface area contributed by atoms with Gasteiger partial charge in [-0.1, -0.05) is 0 Å². The molecule has 0 bridgehead atoms. The van der Waals surface area contributed by atoms with Crippen molar-refractivity contribution >= 4 is 11.8 Å². The van der Waals surface area contributed by atoms with E-state index in [1.54, 1.807) is 39.5 Å². The zero-order valence-corrected chi connectivity index (χ0v) is 17.2. The van der Waals surface area contributed by atoms with Gasteiger partial charge in [-0.25, -0.2) is 0 Å². The van der Waals surface area contributed by atoms with Gasteiger partial charge in [-0.05, 0) is 55.5 Å². The smallest absolute Gasteiger partial charge is 0.257 e. The number of aryl methyl sites for hydroxylation is 1. The molecule has 7 nitrogen and oxygen atoms in total. The maximum absolute atomic E-state index is 12.7. The molecule has 156 valence electrons. The van der Waals surface area contributed by atoms with E-state index in [1.807, 2.05) is 17.0 Å². The largest absolute Gasteiger partial charge is 0.496 e. The van der Waals surface area contributed by atoms with Crippen molar-refractivity contribution in [1.29, 1.82) is 0 Å². The molecule has 2 aromatic rings. The summed E-state index contributed by atoms with van der Waals surface area (Å²) in [6.07, 6.45) is 3.21. The number of hydrogen-bond donors (Lipinski definition) is 1. The van der Waals surface area contributed by atoms with Gasteiger partial charge in [0.05, 0.1) is 25.5 Å². The van der Waals surface area contributed by atoms with Crippen molar-refractivity contribution in [3.05, 3.63) is 53.0 Å². The van der Waals surface area contributed by atoms with Gasteiger partial charge in [0.2, 0.25) is 0 Å². The summed E-state index contributed by atoms with van der Waals surface area (Å²) in [7, 11) is 3.23. The van der Waals surface area contributed by atoms with Crippen LogP contribution in [0, 0.1) is 12.8 Å². The highest BCUT2D eigenvalue weighted by Gasteiger charge is 2.29. The van der Waals surface area contributed by atoms with Crippen LogP contribution in [0.2, 0.25) is 0 Å². The topological polar surface area (TPSA) is 81.0 Å². The van der Waals surface area contributed by atoms with Crippen LogP contribution in [0.5, 0.6) is 5.75 Å². The Bertz CT molecular complexity index is 861. The van der Waals surface area contributed by atoms with Crippen molar-refractivity contribution in [1.82, 2.24) is 10.2 Å². The van der Waals surface area contributed by atoms with Crippen molar-refractivity contribution < 1.29 is 23.5 Å². The van der Waals surface area contributed by atoms with Gasteiger partial charge < -0.3 is 24.1 Å². The highest BCUT2D eigenvalue weighted by molar-refractivity contribution is 5.95. The average Bonchev–Trinajstić information content (AvgIpc) is 3.36. The van der Waals surface area contributed by atoms with Crippen molar-refractivity contribution in [3.8, 4) is 5.75 Å². The van der Waals surface area contributed by atoms with Crippen molar-refractivity contribution in [2.24, 2.45) is 5.92 Å². The lowest BCUT2D eigenvalue weighted by Gasteiger charge is -2.17. The molecule has 0 aliphatic carbocycles. The monoisotopic (exact) mass is 400 g/mol. The van der Waals surface area contributed by atoms with Gasteiger partial charge in [0.25, 0.3) is 11.8 Å². The number of carbonyl (C=O) groups is 2. The Morgan fingerprint density at radius 2 is 2.10 bits per heavy atom. The summed E-state index contributed by atoms with van der Waals surface area (Å²) >= 11 is 0. The Labute approximate surface area is 171 Å². The number of methoxy groups -OCH3 is 2. The Balaban J connectivity index is 1.66. The minimum absolute atomic E-state index is 0.0111. The number of amides is 2. The van der Waals surface area contributed by atoms with Gasteiger partial charge in [-0.2, -0.15) is 0 Å². The molecule has 1 aliphatic rings. The molecule has 29 heavy (non-hydrogen) atoms. The minimum atomic E-state index is -0.135. The molecule has 0 saturated carbocycles. The third-order valence-electron chi connectivity index (χ3n) is 5.31. The fourth-order valence-electron chi connectivity index (χ4n) is 3.72. The molecule has 1 unspecified atom stereocenters. The van der Waals surface area contributed by atoms with E-state index in [9.17, 15) is 9.59 Å². The van der Waals surface area contributed by atoms with Crippen LogP contribution in [0.1, 0.15) is 38.5 Å². The summed E-state index contributed by atoms with van der Waals surface area (Å²) in [4.78, 5) is 26.9. The average molecular weight is 400 g/mol. The third kappa shape index (κ3) is 4.98. The molecule has 1 N–H and O–H groups in total. The predicted molar refractivity (Wildman–Crippen MR) is 108 cm³/mol. The first-order chi connectivity index (χ1) is 14.0. The van der Waals surface area contributed by atoms with Crippen LogP contribution in [0.15, 0.2) is 34.9 Å². The van der Waals surface area contributed by atoms with Crippen LogP contribution in [-0.2, 0) is 11.2 Å². The zero-order chi connectivity index (χ0) is 20.8. The molecular formula is C22H28N2O5. The Kier molecular flexibility index (Phi) is 6.93. The summed E-state index contributed by atoms with van der Waals surface area (Å²) in [6.45, 7) is 4.12. The molecular weight excluding hydrogens is 372 g/mol. The zero-order valence-electron chi connectivity index (χ0n) is 17.2. The lowest BCUT2D eigenvalue weighted by atomic mass is 9.96. The van der Waals surface area contributed by atoms with E-state index in [0.717, 1.165) is 24.2 Å². The van der Waals surface area contributed by atoms with Gasteiger partial charge in [-0.3, -0.25) is 9.59 Å². The number of ether oxygens (including phenoxy) is 2. The summed E-state index contributed by atoms with van der Waals surface area (Å²) in [5, 5.41) is 2.83. The van der Waals surface area contributed by atoms with Gasteiger partial charge in [0, 0.05) is 32.3 Å². The molecule has 7 heteroatoms. The second-order valence-electron chi connectivity index (χ2n) is 7.28. The van der Waals surface area contributed by atoms with Crippen LogP contribution in [0.3, 0.4) is 0 Å². The first-order valence-electron chi connectivity index (χ1n) is 9.81. The lowest BCUT2D eigenvalue weighted by Crippen LogP contribution is -2.29. The number of carbonyl (C=O) groups excluding carboxylic acids is 2. The van der Waals surface area contributed by atoms with Crippen LogP contribution < -0.4 is 10.1 Å². The van der Waals surface area contributed by atoms with Gasteiger partial charge >= 0.3 is 0 Å². The SMILES string of the molecule is COCCNC(=O)c1ccc(OC)c(CC2CCN(C(=O)c3ccoc3C)C2)c1. The summed E-state index contributed by atoms with van der Waals surface area (Å²) < 4.78 is 15.7. The number of rotatable bonds is 8. The maximum atomic E-state index is 12.7. The lowest BCUT2D eigenvalue weighted by molar-refractivity contribution is 0.0785. The van der Waals surface area contributed by atoms with Gasteiger partial charge in [0.1, 0.15) is 11.5 Å². The number of hydrogen-bond acceptors (Lipinski definition) is 5. The van der Waals surface area contributed by atoms with E-state index in [0.29, 0.717) is 49.0 Å². The highest BCUT2D eigenvalue weighted by atomic mass is 16.5. The molecule has 2 heterocycles. The molecule has 1 atom stereocenters. The first kappa shape index (κ1) is 20.9. The van der Waals surface area contributed by atoms with E-state index in [1.165, 1.54) is 0 Å². The molecule has 0 radical (unpaired) electrons. The molecule has 1 aromatic heterocycles. The highest BCUT2D eigenvalue weighted by Crippen LogP contribution is 2.28. The second kappa shape index (κ2) is 9.60. The molecule has 3 rings (SSSR count). The van der Waals surface area contributed by atoms with Gasteiger partial charge in [0.15, 0.2) is 0 Å². The summed E-state index contributed by atoms with van der Waals surface area (Å²) in [5.41, 5.74) is 2.19. The molecule has 1 saturated heterocycles. The van der Waals surface area contributed by atoms with Crippen molar-refractivity contribution in [3.63, 3.8) is 0 Å². The minimum Gasteiger partial charge on any atom is -0.496 e. The Hall–Kier alpha value is -2.80. The second-order valence-corrected chi connectivity index (χ2v) is 7.28. The Morgan fingerprint density at radius 3 is 2.79 bits per heavy atom. The number of likely N-dealkylation sites (tertiary alicyclic amines) is 1. The number of nitrogens with zero attached hydrogens (tertiary/aromatic N) is 1. The van der Waals surface area contributed by atoms with Crippen LogP contribution in [0.4, 0.5) is 0 Å². The molecule has 1 aromatic carbocycles. The fourth-order valence-corrected chi connectivity index (χ4v) is 3.72. The Morgan fingerprint density at radius 1 is 1.28 bits per heavy atom. The van der Waals surface area contributed by atoms with E-state index in [4.69, 9.17) is 13.9 Å². The van der Waals surface area contributed by atoms with Crippen LogP contribution in [-0.4, -0.2) is 57.2 Å². The maximum Gasteiger partial charge on any atom is 0.257 e. The molecule has 0 spiro atoms. The van der Waals surface area contributed by atoms with Crippen LogP contribution >= 0.6 is 0 Å². The standard InChI is InChI=1S/C22H28N2O5/c1-15-19(7-10-29-15)22(26)24-9-6-16(14-24)12-18-13-17(4-5-20(18)28-3)21(25)23-8-11-27-2/h4-5,7,10,13,16H,6,8-9,11-12,14H2,1-3H3,(H,23,25). The third-order valence-corrected chi connectivity index (χ3v) is 5.31. The normalized spacial score (nSPS) is 16.1. The molecule has 2 amide bonds. The predicted octanol–water partition coefficient (Wildman–Crippen LogP) is 2.68. The number of nitrogens with one attached hydrogen (secondary N) is 1.